The molecule has 0 fully saturated rings. The second-order valence-corrected chi connectivity index (χ2v) is 2.92. The molecule has 0 amide bonds. The van der Waals surface area contributed by atoms with Crippen LogP contribution in [0.3, 0.4) is 0 Å². The van der Waals surface area contributed by atoms with Crippen molar-refractivity contribution >= 4 is 5.97 Å². The first kappa shape index (κ1) is 10.1. The van der Waals surface area contributed by atoms with Gasteiger partial charge in [0, 0.05) is 6.42 Å². The van der Waals surface area contributed by atoms with Crippen molar-refractivity contribution in [3.8, 4) is 0 Å². The Hall–Kier alpha value is -1.03. The molecule has 0 bridgehead atoms. The standard InChI is InChI=1S/C9H14O4/c1-3-12-9(11)8-4-7(10)5-13-6(8)2/h7,10H,3-5H2,1-2H3. The average molecular weight is 186 g/mol. The maximum atomic E-state index is 11.3. The van der Waals surface area contributed by atoms with Crippen LogP contribution in [0.15, 0.2) is 11.3 Å². The molecular weight excluding hydrogens is 172 g/mol. The van der Waals surface area contributed by atoms with Gasteiger partial charge in [-0.25, -0.2) is 4.79 Å². The van der Waals surface area contributed by atoms with E-state index in [4.69, 9.17) is 9.47 Å². The molecule has 0 spiro atoms. The fraction of sp³-hybridized carbons (Fsp3) is 0.667. The number of carbonyl (C=O) groups excluding carboxylic acids is 1. The van der Waals surface area contributed by atoms with Crippen LogP contribution in [0, 0.1) is 0 Å². The van der Waals surface area contributed by atoms with Gasteiger partial charge in [-0.2, -0.15) is 0 Å². The molecule has 0 radical (unpaired) electrons. The lowest BCUT2D eigenvalue weighted by molar-refractivity contribution is -0.139. The summed E-state index contributed by atoms with van der Waals surface area (Å²) in [7, 11) is 0. The average Bonchev–Trinajstić information content (AvgIpc) is 2.09. The number of aliphatic hydroxyl groups excluding tert-OH is 1. The Morgan fingerprint density at radius 3 is 3.08 bits per heavy atom. The van der Waals surface area contributed by atoms with E-state index in [1.165, 1.54) is 0 Å². The normalized spacial score (nSPS) is 22.5. The summed E-state index contributed by atoms with van der Waals surface area (Å²) < 4.78 is 9.91. The zero-order valence-electron chi connectivity index (χ0n) is 7.87. The molecule has 0 saturated carbocycles. The maximum absolute atomic E-state index is 11.3. The number of esters is 1. The molecule has 4 nitrogen and oxygen atoms in total. The van der Waals surface area contributed by atoms with Gasteiger partial charge in [0.2, 0.25) is 0 Å². The van der Waals surface area contributed by atoms with Gasteiger partial charge in [0.05, 0.1) is 18.3 Å². The third-order valence-electron chi connectivity index (χ3n) is 1.88. The maximum Gasteiger partial charge on any atom is 0.337 e. The van der Waals surface area contributed by atoms with E-state index in [-0.39, 0.29) is 6.61 Å². The van der Waals surface area contributed by atoms with Crippen LogP contribution in [0.4, 0.5) is 0 Å². The summed E-state index contributed by atoms with van der Waals surface area (Å²) >= 11 is 0. The lowest BCUT2D eigenvalue weighted by Crippen LogP contribution is -2.25. The smallest absolute Gasteiger partial charge is 0.337 e. The molecule has 0 aromatic carbocycles. The minimum absolute atomic E-state index is 0.259. The van der Waals surface area contributed by atoms with Crippen LogP contribution >= 0.6 is 0 Å². The van der Waals surface area contributed by atoms with Crippen LogP contribution in [0.1, 0.15) is 20.3 Å². The molecule has 0 aliphatic carbocycles. The van der Waals surface area contributed by atoms with Gasteiger partial charge >= 0.3 is 5.97 Å². The summed E-state index contributed by atoms with van der Waals surface area (Å²) in [6, 6.07) is 0. The first-order valence-electron chi connectivity index (χ1n) is 4.33. The molecular formula is C9H14O4. The van der Waals surface area contributed by atoms with Gasteiger partial charge in [-0.3, -0.25) is 0 Å². The second kappa shape index (κ2) is 4.28. The van der Waals surface area contributed by atoms with Crippen molar-refractivity contribution in [2.75, 3.05) is 13.2 Å². The van der Waals surface area contributed by atoms with E-state index < -0.39 is 12.1 Å². The second-order valence-electron chi connectivity index (χ2n) is 2.92. The first-order chi connectivity index (χ1) is 6.15. The Morgan fingerprint density at radius 1 is 1.77 bits per heavy atom. The van der Waals surface area contributed by atoms with E-state index in [0.717, 1.165) is 0 Å². The lowest BCUT2D eigenvalue weighted by Gasteiger charge is -2.21. The Labute approximate surface area is 77.1 Å². The van der Waals surface area contributed by atoms with Gasteiger partial charge in [-0.1, -0.05) is 0 Å². The summed E-state index contributed by atoms with van der Waals surface area (Å²) in [6.07, 6.45) is -0.270. The highest BCUT2D eigenvalue weighted by molar-refractivity contribution is 5.89. The molecule has 1 unspecified atom stereocenters. The topological polar surface area (TPSA) is 55.8 Å². The van der Waals surface area contributed by atoms with E-state index >= 15 is 0 Å². The molecule has 1 aliphatic heterocycles. The van der Waals surface area contributed by atoms with E-state index in [1.54, 1.807) is 13.8 Å². The molecule has 74 valence electrons. The van der Waals surface area contributed by atoms with Gasteiger partial charge in [0.15, 0.2) is 0 Å². The molecule has 1 aliphatic rings. The molecule has 1 N–H and O–H groups in total. The van der Waals surface area contributed by atoms with Crippen LogP contribution < -0.4 is 0 Å². The molecule has 1 atom stereocenters. The Balaban J connectivity index is 2.70. The number of allylic oxidation sites excluding steroid dienone is 1. The first-order valence-corrected chi connectivity index (χ1v) is 4.33. The van der Waals surface area contributed by atoms with Gasteiger partial charge < -0.3 is 14.6 Å². The molecule has 4 heteroatoms. The quantitative estimate of drug-likeness (QED) is 0.642. The van der Waals surface area contributed by atoms with Crippen LogP contribution in [-0.2, 0) is 14.3 Å². The highest BCUT2D eigenvalue weighted by Gasteiger charge is 2.24. The van der Waals surface area contributed by atoms with Crippen molar-refractivity contribution in [2.45, 2.75) is 26.4 Å². The van der Waals surface area contributed by atoms with Gasteiger partial charge in [0.1, 0.15) is 12.4 Å². The van der Waals surface area contributed by atoms with Crippen molar-refractivity contribution in [3.63, 3.8) is 0 Å². The van der Waals surface area contributed by atoms with Crippen LogP contribution in [-0.4, -0.2) is 30.4 Å². The monoisotopic (exact) mass is 186 g/mol. The van der Waals surface area contributed by atoms with Crippen LogP contribution in [0.5, 0.6) is 0 Å². The lowest BCUT2D eigenvalue weighted by atomic mass is 10.1. The Kier molecular flexibility index (Phi) is 3.31. The summed E-state index contributed by atoms with van der Waals surface area (Å²) in [5, 5.41) is 9.25. The van der Waals surface area contributed by atoms with Crippen molar-refractivity contribution in [3.05, 3.63) is 11.3 Å². The minimum atomic E-state index is -0.594. The van der Waals surface area contributed by atoms with Gasteiger partial charge in [-0.05, 0) is 13.8 Å². The van der Waals surface area contributed by atoms with E-state index in [2.05, 4.69) is 0 Å². The van der Waals surface area contributed by atoms with Crippen LogP contribution in [0.25, 0.3) is 0 Å². The van der Waals surface area contributed by atoms with Crippen molar-refractivity contribution in [1.29, 1.82) is 0 Å². The third-order valence-corrected chi connectivity index (χ3v) is 1.88. The zero-order valence-corrected chi connectivity index (χ0v) is 7.87. The number of rotatable bonds is 2. The van der Waals surface area contributed by atoms with Crippen molar-refractivity contribution < 1.29 is 19.4 Å². The molecule has 0 aromatic heterocycles. The zero-order chi connectivity index (χ0) is 9.84. The third kappa shape index (κ3) is 2.45. The number of hydrogen-bond donors (Lipinski definition) is 1. The minimum Gasteiger partial charge on any atom is -0.495 e. The summed E-state index contributed by atoms with van der Waals surface area (Å²) in [6.45, 7) is 4.05. The van der Waals surface area contributed by atoms with E-state index in [1.807, 2.05) is 0 Å². The number of carbonyl (C=O) groups is 1. The Bertz CT molecular complexity index is 232. The van der Waals surface area contributed by atoms with E-state index in [0.29, 0.717) is 24.4 Å². The fourth-order valence-electron chi connectivity index (χ4n) is 1.19. The van der Waals surface area contributed by atoms with Crippen molar-refractivity contribution in [1.82, 2.24) is 0 Å². The predicted octanol–water partition coefficient (Wildman–Crippen LogP) is 0.605. The van der Waals surface area contributed by atoms with E-state index in [9.17, 15) is 9.90 Å². The summed E-state index contributed by atoms with van der Waals surface area (Å²) in [5.41, 5.74) is 0.445. The number of aliphatic hydroxyl groups is 1. The van der Waals surface area contributed by atoms with Crippen molar-refractivity contribution in [2.24, 2.45) is 0 Å². The Morgan fingerprint density at radius 2 is 2.46 bits per heavy atom. The highest BCUT2D eigenvalue weighted by atomic mass is 16.5. The highest BCUT2D eigenvalue weighted by Crippen LogP contribution is 2.20. The molecule has 1 rings (SSSR count). The largest absolute Gasteiger partial charge is 0.495 e. The molecule has 1 heterocycles. The molecule has 13 heavy (non-hydrogen) atoms. The fourth-order valence-corrected chi connectivity index (χ4v) is 1.19. The SMILES string of the molecule is CCOC(=O)C1=C(C)OCC(O)C1. The molecule has 0 saturated heterocycles. The van der Waals surface area contributed by atoms with Crippen LogP contribution in [0.2, 0.25) is 0 Å². The summed E-state index contributed by atoms with van der Waals surface area (Å²) in [4.78, 5) is 11.3. The number of ether oxygens (including phenoxy) is 2. The van der Waals surface area contributed by atoms with Gasteiger partial charge in [0.25, 0.3) is 0 Å². The van der Waals surface area contributed by atoms with Gasteiger partial charge in [-0.15, -0.1) is 0 Å². The predicted molar refractivity (Wildman–Crippen MR) is 45.9 cm³/mol. The number of hydrogen-bond acceptors (Lipinski definition) is 4. The molecule has 0 aromatic rings. The summed E-state index contributed by atoms with van der Waals surface area (Å²) in [5.74, 6) is 0.169.